The van der Waals surface area contributed by atoms with Crippen LogP contribution in [0.1, 0.15) is 27.2 Å². The number of aromatic nitrogens is 1. The van der Waals surface area contributed by atoms with Crippen molar-refractivity contribution in [3.63, 3.8) is 0 Å². The number of ketones is 1. The number of benzene rings is 3. The molecular formula is C24H16F3NO3. The smallest absolute Gasteiger partial charge is 0.416 e. The standard InChI is InChI=1S/C24H16F3NO3/c25-24(26,27)15-7-5-6-14(12-15)16-8-1-2-10-18(16)23(31)22-19(13-21(29)30)17-9-3-4-11-20(17)28-22/h1-12,28H,13H2,(H,29,30). The Kier molecular flexibility index (Phi) is 5.10. The van der Waals surface area contributed by atoms with Gasteiger partial charge in [-0.3, -0.25) is 9.59 Å². The number of fused-ring (bicyclic) bond motifs is 1. The first-order valence-corrected chi connectivity index (χ1v) is 9.38. The quantitative estimate of drug-likeness (QED) is 0.404. The molecule has 0 aliphatic rings. The van der Waals surface area contributed by atoms with Gasteiger partial charge in [-0.05, 0) is 29.3 Å². The minimum Gasteiger partial charge on any atom is -0.481 e. The van der Waals surface area contributed by atoms with Gasteiger partial charge in [0, 0.05) is 22.0 Å². The topological polar surface area (TPSA) is 70.2 Å². The summed E-state index contributed by atoms with van der Waals surface area (Å²) in [7, 11) is 0. The molecule has 2 N–H and O–H groups in total. The predicted molar refractivity (Wildman–Crippen MR) is 110 cm³/mol. The van der Waals surface area contributed by atoms with Crippen molar-refractivity contribution in [3.05, 3.63) is 95.2 Å². The molecule has 0 fully saturated rings. The van der Waals surface area contributed by atoms with Crippen LogP contribution in [-0.4, -0.2) is 21.8 Å². The fraction of sp³-hybridized carbons (Fsp3) is 0.0833. The molecule has 0 aliphatic heterocycles. The van der Waals surface area contributed by atoms with Crippen LogP contribution in [0.5, 0.6) is 0 Å². The van der Waals surface area contributed by atoms with Gasteiger partial charge in [0.2, 0.25) is 5.78 Å². The lowest BCUT2D eigenvalue weighted by Gasteiger charge is -2.12. The number of aliphatic carboxylic acids is 1. The Labute approximate surface area is 175 Å². The van der Waals surface area contributed by atoms with Gasteiger partial charge in [-0.1, -0.05) is 54.6 Å². The number of rotatable bonds is 5. The van der Waals surface area contributed by atoms with Gasteiger partial charge in [0.05, 0.1) is 17.7 Å². The zero-order valence-corrected chi connectivity index (χ0v) is 16.0. The summed E-state index contributed by atoms with van der Waals surface area (Å²) in [6, 6.07) is 18.1. The maximum Gasteiger partial charge on any atom is 0.416 e. The van der Waals surface area contributed by atoms with Crippen LogP contribution in [0.4, 0.5) is 13.2 Å². The van der Waals surface area contributed by atoms with E-state index in [2.05, 4.69) is 4.98 Å². The van der Waals surface area contributed by atoms with E-state index in [9.17, 15) is 27.9 Å². The van der Waals surface area contributed by atoms with E-state index in [1.165, 1.54) is 18.2 Å². The summed E-state index contributed by atoms with van der Waals surface area (Å²) in [4.78, 5) is 27.8. The second-order valence-corrected chi connectivity index (χ2v) is 7.05. The highest BCUT2D eigenvalue weighted by atomic mass is 19.4. The molecule has 0 radical (unpaired) electrons. The number of alkyl halides is 3. The summed E-state index contributed by atoms with van der Waals surface area (Å²) in [6.45, 7) is 0. The van der Waals surface area contributed by atoms with Crippen LogP contribution in [0.15, 0.2) is 72.8 Å². The van der Waals surface area contributed by atoms with Crippen molar-refractivity contribution in [2.75, 3.05) is 0 Å². The normalized spacial score (nSPS) is 11.6. The van der Waals surface area contributed by atoms with Gasteiger partial charge in [-0.2, -0.15) is 13.2 Å². The third kappa shape index (κ3) is 3.94. The van der Waals surface area contributed by atoms with Gasteiger partial charge in [0.15, 0.2) is 0 Å². The summed E-state index contributed by atoms with van der Waals surface area (Å²) in [5.41, 5.74) is 1.01. The lowest BCUT2D eigenvalue weighted by molar-refractivity contribution is -0.138. The van der Waals surface area contributed by atoms with E-state index in [4.69, 9.17) is 0 Å². The van der Waals surface area contributed by atoms with Crippen LogP contribution in [0, 0.1) is 0 Å². The molecule has 0 amide bonds. The zero-order valence-electron chi connectivity index (χ0n) is 16.0. The third-order valence-corrected chi connectivity index (χ3v) is 5.04. The van der Waals surface area contributed by atoms with E-state index >= 15 is 0 Å². The average Bonchev–Trinajstić information content (AvgIpc) is 3.10. The van der Waals surface area contributed by atoms with Gasteiger partial charge in [0.25, 0.3) is 0 Å². The Hall–Kier alpha value is -3.87. The number of carbonyl (C=O) groups is 2. The largest absolute Gasteiger partial charge is 0.481 e. The lowest BCUT2D eigenvalue weighted by Crippen LogP contribution is -2.10. The second-order valence-electron chi connectivity index (χ2n) is 7.05. The number of carboxylic acid groups (broad SMARTS) is 1. The molecule has 0 spiro atoms. The molecule has 1 heterocycles. The molecule has 0 saturated carbocycles. The molecule has 0 saturated heterocycles. The van der Waals surface area contributed by atoms with Crippen molar-refractivity contribution in [3.8, 4) is 11.1 Å². The average molecular weight is 423 g/mol. The molecule has 4 rings (SSSR count). The van der Waals surface area contributed by atoms with E-state index < -0.39 is 23.5 Å². The van der Waals surface area contributed by atoms with E-state index in [1.807, 2.05) is 0 Å². The van der Waals surface area contributed by atoms with E-state index in [0.717, 1.165) is 12.1 Å². The van der Waals surface area contributed by atoms with Gasteiger partial charge in [0.1, 0.15) is 0 Å². The fourth-order valence-corrected chi connectivity index (χ4v) is 3.66. The van der Waals surface area contributed by atoms with Crippen LogP contribution < -0.4 is 0 Å². The predicted octanol–water partition coefficient (Wildman–Crippen LogP) is 5.71. The number of carboxylic acids is 1. The van der Waals surface area contributed by atoms with E-state index in [0.29, 0.717) is 22.0 Å². The molecule has 4 aromatic rings. The number of aromatic amines is 1. The summed E-state index contributed by atoms with van der Waals surface area (Å²) in [6.07, 6.45) is -4.88. The van der Waals surface area contributed by atoms with Crippen molar-refractivity contribution in [1.82, 2.24) is 4.98 Å². The van der Waals surface area contributed by atoms with Crippen molar-refractivity contribution < 1.29 is 27.9 Å². The summed E-state index contributed by atoms with van der Waals surface area (Å²) >= 11 is 0. The van der Waals surface area contributed by atoms with Crippen LogP contribution >= 0.6 is 0 Å². The molecule has 3 aromatic carbocycles. The Morgan fingerprint density at radius 1 is 0.903 bits per heavy atom. The Balaban J connectivity index is 1.86. The van der Waals surface area contributed by atoms with E-state index in [1.54, 1.807) is 42.5 Å². The van der Waals surface area contributed by atoms with Crippen molar-refractivity contribution in [1.29, 1.82) is 0 Å². The Morgan fingerprint density at radius 2 is 1.61 bits per heavy atom. The minimum atomic E-state index is -4.51. The highest BCUT2D eigenvalue weighted by molar-refractivity contribution is 6.15. The summed E-state index contributed by atoms with van der Waals surface area (Å²) in [5.74, 6) is -1.58. The highest BCUT2D eigenvalue weighted by Gasteiger charge is 2.31. The van der Waals surface area contributed by atoms with Crippen molar-refractivity contribution in [2.45, 2.75) is 12.6 Å². The molecule has 0 bridgehead atoms. The fourth-order valence-electron chi connectivity index (χ4n) is 3.66. The maximum absolute atomic E-state index is 13.4. The second kappa shape index (κ2) is 7.75. The van der Waals surface area contributed by atoms with Gasteiger partial charge in [-0.15, -0.1) is 0 Å². The Bertz CT molecular complexity index is 1300. The van der Waals surface area contributed by atoms with Crippen molar-refractivity contribution >= 4 is 22.7 Å². The number of hydrogen-bond donors (Lipinski definition) is 2. The number of para-hydroxylation sites is 1. The number of H-pyrrole nitrogens is 1. The lowest BCUT2D eigenvalue weighted by atomic mass is 9.93. The van der Waals surface area contributed by atoms with Gasteiger partial charge < -0.3 is 10.1 Å². The van der Waals surface area contributed by atoms with E-state index in [-0.39, 0.29) is 23.2 Å². The third-order valence-electron chi connectivity index (χ3n) is 5.04. The van der Waals surface area contributed by atoms with Crippen LogP contribution in [0.2, 0.25) is 0 Å². The molecule has 31 heavy (non-hydrogen) atoms. The molecule has 0 aliphatic carbocycles. The number of carbonyl (C=O) groups excluding carboxylic acids is 1. The SMILES string of the molecule is O=C(O)Cc1c(C(=O)c2ccccc2-c2cccc(C(F)(F)F)c2)[nH]c2ccccc12. The molecule has 1 aromatic heterocycles. The highest BCUT2D eigenvalue weighted by Crippen LogP contribution is 2.34. The summed E-state index contributed by atoms with van der Waals surface area (Å²) < 4.78 is 39.5. The molecule has 156 valence electrons. The van der Waals surface area contributed by atoms with Gasteiger partial charge >= 0.3 is 12.1 Å². The molecule has 7 heteroatoms. The number of nitrogens with one attached hydrogen (secondary N) is 1. The molecular weight excluding hydrogens is 407 g/mol. The molecule has 0 unspecified atom stereocenters. The Morgan fingerprint density at radius 3 is 2.35 bits per heavy atom. The minimum absolute atomic E-state index is 0.114. The maximum atomic E-state index is 13.4. The van der Waals surface area contributed by atoms with Crippen LogP contribution in [0.25, 0.3) is 22.0 Å². The molecule has 0 atom stereocenters. The zero-order chi connectivity index (χ0) is 22.2. The first kappa shape index (κ1) is 20.4. The molecule has 4 nitrogen and oxygen atoms in total. The first-order valence-electron chi connectivity index (χ1n) is 9.38. The number of halogens is 3. The van der Waals surface area contributed by atoms with Crippen LogP contribution in [0.3, 0.4) is 0 Å². The summed E-state index contributed by atoms with van der Waals surface area (Å²) in [5, 5.41) is 9.94. The van der Waals surface area contributed by atoms with Gasteiger partial charge in [-0.25, -0.2) is 0 Å². The van der Waals surface area contributed by atoms with Crippen LogP contribution in [-0.2, 0) is 17.4 Å². The van der Waals surface area contributed by atoms with Crippen molar-refractivity contribution in [2.24, 2.45) is 0 Å². The number of hydrogen-bond acceptors (Lipinski definition) is 2. The monoisotopic (exact) mass is 423 g/mol. The first-order chi connectivity index (χ1) is 14.8.